The zero-order valence-corrected chi connectivity index (χ0v) is 18.8. The Bertz CT molecular complexity index is 1200. The second-order valence-electron chi connectivity index (χ2n) is 6.80. The molecule has 168 valence electrons. The van der Waals surface area contributed by atoms with Crippen LogP contribution in [0.25, 0.3) is 0 Å². The molecule has 0 aliphatic carbocycles. The number of hydrogen-bond acceptors (Lipinski definition) is 4. The quantitative estimate of drug-likeness (QED) is 0.470. The molecule has 0 bridgehead atoms. The van der Waals surface area contributed by atoms with Crippen LogP contribution in [0, 0.1) is 5.82 Å². The van der Waals surface area contributed by atoms with E-state index in [-0.39, 0.29) is 34.3 Å². The summed E-state index contributed by atoms with van der Waals surface area (Å²) in [7, 11) is -3.96. The second kappa shape index (κ2) is 10.5. The van der Waals surface area contributed by atoms with Crippen molar-refractivity contribution < 1.29 is 22.3 Å². The summed E-state index contributed by atoms with van der Waals surface area (Å²) in [5, 5.41) is 2.75. The number of benzene rings is 3. The smallest absolute Gasteiger partial charge is 0.261 e. The normalized spacial score (nSPS) is 11.1. The van der Waals surface area contributed by atoms with Gasteiger partial charge in [0.15, 0.2) is 0 Å². The Morgan fingerprint density at radius 2 is 1.78 bits per heavy atom. The number of halogens is 2. The molecule has 2 N–H and O–H groups in total. The van der Waals surface area contributed by atoms with Gasteiger partial charge in [-0.15, -0.1) is 0 Å². The lowest BCUT2D eigenvalue weighted by molar-refractivity contribution is 0.0954. The first-order valence-electron chi connectivity index (χ1n) is 9.87. The molecular weight excluding hydrogens is 455 g/mol. The molecule has 0 saturated carbocycles. The third-order valence-corrected chi connectivity index (χ3v) is 6.26. The van der Waals surface area contributed by atoms with Crippen molar-refractivity contribution in [1.29, 1.82) is 0 Å². The molecule has 3 aromatic carbocycles. The highest BCUT2D eigenvalue weighted by molar-refractivity contribution is 7.92. The number of ether oxygens (including phenoxy) is 1. The molecule has 3 rings (SSSR count). The highest BCUT2D eigenvalue weighted by Crippen LogP contribution is 2.24. The van der Waals surface area contributed by atoms with Gasteiger partial charge in [0.25, 0.3) is 15.9 Å². The molecular formula is C23H22ClFN2O4S. The van der Waals surface area contributed by atoms with E-state index in [1.54, 1.807) is 42.5 Å². The average Bonchev–Trinajstić information content (AvgIpc) is 2.76. The highest BCUT2D eigenvalue weighted by atomic mass is 35.5. The van der Waals surface area contributed by atoms with Crippen molar-refractivity contribution in [1.82, 2.24) is 5.32 Å². The van der Waals surface area contributed by atoms with Gasteiger partial charge in [-0.05, 0) is 67.4 Å². The molecule has 0 aliphatic rings. The third-order valence-electron chi connectivity index (χ3n) is 4.55. The molecule has 3 aromatic rings. The first kappa shape index (κ1) is 23.6. The Hall–Kier alpha value is -3.10. The number of amides is 1. The monoisotopic (exact) mass is 476 g/mol. The van der Waals surface area contributed by atoms with Gasteiger partial charge >= 0.3 is 0 Å². The minimum Gasteiger partial charge on any atom is -0.494 e. The number of rotatable bonds is 9. The zero-order valence-electron chi connectivity index (χ0n) is 17.3. The molecule has 0 aromatic heterocycles. The molecule has 0 spiro atoms. The van der Waals surface area contributed by atoms with Crippen LogP contribution in [0.1, 0.15) is 22.8 Å². The molecule has 6 nitrogen and oxygen atoms in total. The Kier molecular flexibility index (Phi) is 7.71. The maximum atomic E-state index is 13.7. The largest absolute Gasteiger partial charge is 0.494 e. The molecule has 0 unspecified atom stereocenters. The Labute approximate surface area is 191 Å². The lowest BCUT2D eigenvalue weighted by Crippen LogP contribution is -2.26. The van der Waals surface area contributed by atoms with Crippen LogP contribution in [0.2, 0.25) is 5.02 Å². The van der Waals surface area contributed by atoms with Crippen LogP contribution in [-0.4, -0.2) is 27.5 Å². The van der Waals surface area contributed by atoms with E-state index in [0.29, 0.717) is 23.6 Å². The fourth-order valence-corrected chi connectivity index (χ4v) is 4.24. The molecule has 1 amide bonds. The molecule has 0 saturated heterocycles. The van der Waals surface area contributed by atoms with Crippen LogP contribution in [0.5, 0.6) is 5.75 Å². The van der Waals surface area contributed by atoms with Crippen LogP contribution in [0.15, 0.2) is 71.6 Å². The van der Waals surface area contributed by atoms with E-state index in [1.807, 2.05) is 6.92 Å². The molecule has 0 heterocycles. The minimum atomic E-state index is -3.96. The van der Waals surface area contributed by atoms with E-state index in [2.05, 4.69) is 10.0 Å². The topological polar surface area (TPSA) is 84.5 Å². The number of hydrogen-bond donors (Lipinski definition) is 2. The van der Waals surface area contributed by atoms with E-state index >= 15 is 0 Å². The van der Waals surface area contributed by atoms with E-state index in [9.17, 15) is 17.6 Å². The molecule has 32 heavy (non-hydrogen) atoms. The minimum absolute atomic E-state index is 0.00905. The lowest BCUT2D eigenvalue weighted by Gasteiger charge is -2.12. The van der Waals surface area contributed by atoms with E-state index in [4.69, 9.17) is 16.3 Å². The summed E-state index contributed by atoms with van der Waals surface area (Å²) in [5.41, 5.74) is 0.823. The fourth-order valence-electron chi connectivity index (χ4n) is 2.95. The molecule has 0 aliphatic heterocycles. The number of nitrogens with one attached hydrogen (secondary N) is 2. The van der Waals surface area contributed by atoms with Gasteiger partial charge in [0.05, 0.1) is 22.1 Å². The van der Waals surface area contributed by atoms with Crippen LogP contribution in [0.4, 0.5) is 10.1 Å². The molecule has 0 atom stereocenters. The highest BCUT2D eigenvalue weighted by Gasteiger charge is 2.19. The SMILES string of the molecule is CCOc1ccc(NS(=O)(=O)c2ccc(Cl)c(C(=O)NCCc3ccccc3F)c2)cc1. The van der Waals surface area contributed by atoms with Crippen molar-refractivity contribution in [3.05, 3.63) is 88.7 Å². The van der Waals surface area contributed by atoms with Crippen molar-refractivity contribution in [3.63, 3.8) is 0 Å². The van der Waals surface area contributed by atoms with Crippen molar-refractivity contribution in [2.24, 2.45) is 0 Å². The first-order valence-corrected chi connectivity index (χ1v) is 11.7. The van der Waals surface area contributed by atoms with Gasteiger partial charge < -0.3 is 10.1 Å². The number of sulfonamides is 1. The van der Waals surface area contributed by atoms with Crippen LogP contribution in [-0.2, 0) is 16.4 Å². The summed E-state index contributed by atoms with van der Waals surface area (Å²) >= 11 is 6.12. The van der Waals surface area contributed by atoms with E-state index < -0.39 is 15.9 Å². The summed E-state index contributed by atoms with van der Waals surface area (Å²) < 4.78 is 47.1. The van der Waals surface area contributed by atoms with Gasteiger partial charge in [-0.3, -0.25) is 9.52 Å². The summed E-state index contributed by atoms with van der Waals surface area (Å²) in [5.74, 6) is -0.283. The Morgan fingerprint density at radius 1 is 1.06 bits per heavy atom. The van der Waals surface area contributed by atoms with Gasteiger partial charge in [0, 0.05) is 12.2 Å². The molecule has 9 heteroatoms. The number of carbonyl (C=O) groups excluding carboxylic acids is 1. The number of anilines is 1. The maximum Gasteiger partial charge on any atom is 0.261 e. The molecule has 0 radical (unpaired) electrons. The van der Waals surface area contributed by atoms with Crippen molar-refractivity contribution >= 4 is 33.2 Å². The second-order valence-corrected chi connectivity index (χ2v) is 8.89. The van der Waals surface area contributed by atoms with E-state index in [0.717, 1.165) is 0 Å². The van der Waals surface area contributed by atoms with Crippen molar-refractivity contribution in [2.75, 3.05) is 17.9 Å². The van der Waals surface area contributed by atoms with Gasteiger partial charge in [-0.25, -0.2) is 12.8 Å². The summed E-state index contributed by atoms with van der Waals surface area (Å²) in [4.78, 5) is 12.4. The van der Waals surface area contributed by atoms with Gasteiger partial charge in [0.2, 0.25) is 0 Å². The standard InChI is InChI=1S/C23H22ClFN2O4S/c1-2-31-18-9-7-17(8-10-18)27-32(29,30)19-11-12-21(24)20(15-19)23(28)26-14-13-16-5-3-4-6-22(16)25/h3-12,15,27H,2,13-14H2,1H3,(H,26,28). The van der Waals surface area contributed by atoms with Gasteiger partial charge in [-0.1, -0.05) is 29.8 Å². The summed E-state index contributed by atoms with van der Waals surface area (Å²) in [6.45, 7) is 2.52. The fraction of sp³-hybridized carbons (Fsp3) is 0.174. The maximum absolute atomic E-state index is 13.7. The molecule has 0 fully saturated rings. The van der Waals surface area contributed by atoms with Crippen LogP contribution in [0.3, 0.4) is 0 Å². The zero-order chi connectivity index (χ0) is 23.1. The predicted molar refractivity (Wildman–Crippen MR) is 122 cm³/mol. The average molecular weight is 477 g/mol. The lowest BCUT2D eigenvalue weighted by atomic mass is 10.1. The van der Waals surface area contributed by atoms with Crippen LogP contribution >= 0.6 is 11.6 Å². The third kappa shape index (κ3) is 5.99. The first-order chi connectivity index (χ1) is 15.3. The van der Waals surface area contributed by atoms with Crippen LogP contribution < -0.4 is 14.8 Å². The number of carbonyl (C=O) groups is 1. The van der Waals surface area contributed by atoms with Gasteiger partial charge in [-0.2, -0.15) is 0 Å². The van der Waals surface area contributed by atoms with Crippen molar-refractivity contribution in [3.8, 4) is 5.75 Å². The Morgan fingerprint density at radius 3 is 2.47 bits per heavy atom. The predicted octanol–water partition coefficient (Wildman–Crippen LogP) is 4.65. The Balaban J connectivity index is 1.70. The van der Waals surface area contributed by atoms with E-state index in [1.165, 1.54) is 24.3 Å². The summed E-state index contributed by atoms with van der Waals surface area (Å²) in [6.07, 6.45) is 0.285. The summed E-state index contributed by atoms with van der Waals surface area (Å²) in [6, 6.07) is 16.6. The van der Waals surface area contributed by atoms with Crippen molar-refractivity contribution in [2.45, 2.75) is 18.2 Å². The van der Waals surface area contributed by atoms with Gasteiger partial charge in [0.1, 0.15) is 11.6 Å².